The van der Waals surface area contributed by atoms with Crippen LogP contribution in [0.5, 0.6) is 0 Å². The Bertz CT molecular complexity index is 1110. The number of likely N-dealkylation sites (tertiary alicyclic amines) is 2. The highest BCUT2D eigenvalue weighted by molar-refractivity contribution is 7.99. The van der Waals surface area contributed by atoms with E-state index in [0.717, 1.165) is 50.2 Å². The maximum atomic E-state index is 13.8. The summed E-state index contributed by atoms with van der Waals surface area (Å²) >= 11 is 0. The van der Waals surface area contributed by atoms with Gasteiger partial charge in [-0.2, -0.15) is 0 Å². The predicted octanol–water partition coefficient (Wildman–Crippen LogP) is 2.89. The number of piperidine rings is 1. The van der Waals surface area contributed by atoms with Crippen LogP contribution in [0, 0.1) is 0 Å². The maximum Gasteiger partial charge on any atom is 0.242 e. The number of amides is 2. The van der Waals surface area contributed by atoms with Crippen LogP contribution in [0.3, 0.4) is 0 Å². The lowest BCUT2D eigenvalue weighted by Gasteiger charge is -2.35. The van der Waals surface area contributed by atoms with Crippen molar-refractivity contribution in [3.63, 3.8) is 0 Å². The minimum Gasteiger partial charge on any atom is -0.497 e. The van der Waals surface area contributed by atoms with E-state index >= 15 is 0 Å². The van der Waals surface area contributed by atoms with Gasteiger partial charge >= 0.3 is 0 Å². The molecule has 4 aliphatic rings. The number of ether oxygens (including phenoxy) is 1. The highest BCUT2D eigenvalue weighted by Gasteiger charge is 2.34. The van der Waals surface area contributed by atoms with Gasteiger partial charge in [0.25, 0.3) is 0 Å². The van der Waals surface area contributed by atoms with Crippen molar-refractivity contribution in [2.45, 2.75) is 63.2 Å². The van der Waals surface area contributed by atoms with E-state index < -0.39 is 15.7 Å². The molecule has 0 spiro atoms. The molecule has 4 rings (SSSR count). The summed E-state index contributed by atoms with van der Waals surface area (Å²) in [5.41, 5.74) is 2.30. The first-order valence-electron chi connectivity index (χ1n) is 14.1. The molecule has 9 heteroatoms. The van der Waals surface area contributed by atoms with Crippen molar-refractivity contribution in [2.75, 3.05) is 52.9 Å². The normalized spacial score (nSPS) is 25.6. The van der Waals surface area contributed by atoms with Gasteiger partial charge in [0.1, 0.15) is 5.76 Å². The molecule has 0 bridgehead atoms. The van der Waals surface area contributed by atoms with Gasteiger partial charge in [-0.3, -0.25) is 13.8 Å². The molecule has 2 saturated heterocycles. The van der Waals surface area contributed by atoms with E-state index in [1.807, 2.05) is 35.3 Å². The van der Waals surface area contributed by atoms with Crippen LogP contribution in [-0.4, -0.2) is 101 Å². The van der Waals surface area contributed by atoms with Crippen molar-refractivity contribution >= 4 is 27.4 Å². The summed E-state index contributed by atoms with van der Waals surface area (Å²) in [7, 11) is -1.14. The lowest BCUT2D eigenvalue weighted by atomic mass is 9.95. The summed E-state index contributed by atoms with van der Waals surface area (Å²) in [4.78, 5) is 32.5. The van der Waals surface area contributed by atoms with Gasteiger partial charge < -0.3 is 19.4 Å². The molecule has 0 aromatic rings. The van der Waals surface area contributed by atoms with Gasteiger partial charge in [0.2, 0.25) is 11.8 Å². The summed E-state index contributed by atoms with van der Waals surface area (Å²) < 4.78 is 22.2. The Morgan fingerprint density at radius 1 is 1.21 bits per heavy atom. The Morgan fingerprint density at radius 2 is 2.00 bits per heavy atom. The Morgan fingerprint density at radius 3 is 2.74 bits per heavy atom. The van der Waals surface area contributed by atoms with Gasteiger partial charge in [0, 0.05) is 37.3 Å². The minimum atomic E-state index is -2.79. The third kappa shape index (κ3) is 7.18. The second-order valence-electron chi connectivity index (χ2n) is 10.7. The first-order chi connectivity index (χ1) is 18.3. The molecule has 2 amide bonds. The van der Waals surface area contributed by atoms with Gasteiger partial charge in [-0.1, -0.05) is 30.7 Å². The number of rotatable bonds is 11. The topological polar surface area (TPSA) is 82.2 Å². The second-order valence-corrected chi connectivity index (χ2v) is 13.0. The molecule has 2 heterocycles. The first kappa shape index (κ1) is 28.6. The summed E-state index contributed by atoms with van der Waals surface area (Å²) in [6, 6.07) is -0.594. The van der Waals surface area contributed by atoms with Crippen molar-refractivity contribution in [1.29, 1.82) is 0 Å². The molecule has 0 radical (unpaired) electrons. The van der Waals surface area contributed by atoms with Crippen LogP contribution in [0.1, 0.15) is 53.3 Å². The van der Waals surface area contributed by atoms with Gasteiger partial charge in [-0.05, 0) is 81.6 Å². The summed E-state index contributed by atoms with van der Waals surface area (Å²) in [5.74, 6) is 4.71. The van der Waals surface area contributed by atoms with E-state index in [1.54, 1.807) is 12.0 Å². The van der Waals surface area contributed by atoms with Crippen molar-refractivity contribution in [2.24, 2.45) is 0 Å². The van der Waals surface area contributed by atoms with Crippen LogP contribution in [-0.2, 0) is 24.0 Å². The molecule has 2 aliphatic carbocycles. The SMILES string of the molecule is C=S(=O)(N[C@H]1CCCN(CC(=O)N(CCC)CCN2CCCC2)C1=O)C1C=CC2=C(CC=C(OC)C=C2)C1.[HH]. The van der Waals surface area contributed by atoms with Gasteiger partial charge in [0.15, 0.2) is 0 Å². The highest BCUT2D eigenvalue weighted by Crippen LogP contribution is 2.30. The average Bonchev–Trinajstić information content (AvgIpc) is 3.34. The number of carbonyl (C=O) groups is 2. The molecule has 1 N–H and O–H groups in total. The maximum absolute atomic E-state index is 13.8. The highest BCUT2D eigenvalue weighted by atomic mass is 32.2. The number of methoxy groups -OCH3 is 1. The molecule has 3 atom stereocenters. The summed E-state index contributed by atoms with van der Waals surface area (Å²) in [6.45, 7) is 7.20. The van der Waals surface area contributed by atoms with E-state index in [-0.39, 0.29) is 25.0 Å². The summed E-state index contributed by atoms with van der Waals surface area (Å²) in [5, 5.41) is -0.303. The third-order valence-electron chi connectivity index (χ3n) is 7.98. The van der Waals surface area contributed by atoms with Crippen molar-refractivity contribution in [3.05, 3.63) is 47.3 Å². The fourth-order valence-corrected chi connectivity index (χ4v) is 7.38. The van der Waals surface area contributed by atoms with Crippen molar-refractivity contribution < 1.29 is 20.0 Å². The Labute approximate surface area is 230 Å². The van der Waals surface area contributed by atoms with E-state index in [2.05, 4.69) is 22.4 Å². The molecular weight excluding hydrogens is 500 g/mol. The van der Waals surface area contributed by atoms with Gasteiger partial charge in [-0.15, -0.1) is 0 Å². The first-order valence-corrected chi connectivity index (χ1v) is 15.8. The van der Waals surface area contributed by atoms with E-state index in [1.165, 1.54) is 18.4 Å². The smallest absolute Gasteiger partial charge is 0.242 e. The van der Waals surface area contributed by atoms with Crippen molar-refractivity contribution in [3.8, 4) is 0 Å². The van der Waals surface area contributed by atoms with Gasteiger partial charge in [0.05, 0.1) is 24.9 Å². The number of hydrogen-bond donors (Lipinski definition) is 1. The number of carbonyl (C=O) groups excluding carboxylic acids is 2. The van der Waals surface area contributed by atoms with Crippen LogP contribution in [0.4, 0.5) is 0 Å². The fraction of sp³-hybridized carbons (Fsp3) is 0.621. The Balaban J connectivity index is 0.00000420. The van der Waals surface area contributed by atoms with E-state index in [9.17, 15) is 13.8 Å². The lowest BCUT2D eigenvalue weighted by molar-refractivity contribution is -0.143. The number of allylic oxidation sites excluding steroid dienone is 6. The minimum absolute atomic E-state index is 0. The predicted molar refractivity (Wildman–Crippen MR) is 156 cm³/mol. The molecule has 0 aromatic carbocycles. The van der Waals surface area contributed by atoms with Crippen LogP contribution < -0.4 is 4.72 Å². The van der Waals surface area contributed by atoms with Crippen molar-refractivity contribution in [1.82, 2.24) is 19.4 Å². The monoisotopic (exact) mass is 546 g/mol. The van der Waals surface area contributed by atoms with E-state index in [4.69, 9.17) is 4.74 Å². The molecule has 8 nitrogen and oxygen atoms in total. The van der Waals surface area contributed by atoms with Crippen LogP contribution >= 0.6 is 0 Å². The molecule has 2 unspecified atom stereocenters. The molecular formula is C29H46N4O4S. The lowest BCUT2D eigenvalue weighted by Crippen LogP contribution is -2.56. The standard InChI is InChI=1S/C29H44N4O4S.H2/c1-4-15-32(20-19-31-16-5-6-17-31)28(34)22-33-18-7-8-27(29(33)35)30-38(3,36)26-14-11-23-9-12-25(37-2)13-10-24(23)21-26;/h9,11-14,26-27H,3-8,10,15-22H2,1-2H3,(H,30,36);1H/t26?,27-,38?;/m0./s1. The average molecular weight is 547 g/mol. The summed E-state index contributed by atoms with van der Waals surface area (Å²) in [6.07, 6.45) is 16.0. The van der Waals surface area contributed by atoms with Crippen LogP contribution in [0.15, 0.2) is 47.3 Å². The number of hydrogen-bond acceptors (Lipinski definition) is 5. The zero-order valence-electron chi connectivity index (χ0n) is 23.0. The molecule has 212 valence electrons. The molecule has 0 saturated carbocycles. The number of nitrogens with one attached hydrogen (secondary N) is 1. The molecule has 38 heavy (non-hydrogen) atoms. The third-order valence-corrected chi connectivity index (χ3v) is 9.96. The molecule has 0 aromatic heterocycles. The van der Waals surface area contributed by atoms with Gasteiger partial charge in [-0.25, -0.2) is 4.72 Å². The van der Waals surface area contributed by atoms with Crippen LogP contribution in [0.2, 0.25) is 0 Å². The largest absolute Gasteiger partial charge is 0.497 e. The fourth-order valence-electron chi connectivity index (χ4n) is 5.71. The number of nitrogens with zero attached hydrogens (tertiary/aromatic N) is 3. The quantitative estimate of drug-likeness (QED) is 0.403. The van der Waals surface area contributed by atoms with Crippen LogP contribution in [0.25, 0.3) is 0 Å². The molecule has 2 aliphatic heterocycles. The zero-order valence-corrected chi connectivity index (χ0v) is 23.8. The second kappa shape index (κ2) is 13.1. The Kier molecular flexibility index (Phi) is 9.90. The Hall–Kier alpha value is -2.36. The van der Waals surface area contributed by atoms with E-state index in [0.29, 0.717) is 32.5 Å². The molecule has 2 fully saturated rings. The zero-order chi connectivity index (χ0) is 27.1.